The molecule has 4 fully saturated rings. The van der Waals surface area contributed by atoms with Crippen molar-refractivity contribution >= 4 is 51.9 Å². The molecule has 0 bridgehead atoms. The van der Waals surface area contributed by atoms with E-state index in [1.807, 2.05) is 0 Å². The minimum Gasteiger partial charge on any atom is -0.342 e. The molecule has 0 amide bonds. The SMILES string of the molecule is C1CCC(P(CCNCCP(C2CCCCC2)C2CCCCC2)C2CCCCC2)CC1.CC(F)(F)c1cc([B-](c2cc(C(F)(F)F)cc(C(F)(F)F)c2)(c2cc(C(F)(F)F)cc(C(F)(F)F)c2)c2cc(C(F)(F)F)cc(C(F)(F)F)c2)cc(C(F)(F)F)c1.[CH2-][Si](C)(C)C.[Co+2]. The normalized spacial score (nSPS) is 17.9. The molecular weight excluding hydrogens is 1390 g/mol. The van der Waals surface area contributed by atoms with Crippen LogP contribution in [0.25, 0.3) is 0 Å². The van der Waals surface area contributed by atoms with Gasteiger partial charge >= 0.3 is 60.0 Å². The Balaban J connectivity index is 0.000000360. The minimum atomic E-state index is -6.07. The fraction of sp³-hybridized carbons (Fsp3) is 0.615. The zero-order valence-electron chi connectivity index (χ0n) is 52.4. The molecule has 1 nitrogen and oxygen atoms in total. The minimum absolute atomic E-state index is 0. The van der Waals surface area contributed by atoms with Gasteiger partial charge in [-0.05, 0) is 124 Å². The first-order valence-electron chi connectivity index (χ1n) is 31.4. The van der Waals surface area contributed by atoms with Gasteiger partial charge in [0.25, 0.3) is 5.92 Å². The Morgan fingerprint density at radius 2 is 0.511 bits per heavy atom. The molecule has 1 N–H and O–H groups in total. The first-order chi connectivity index (χ1) is 42.7. The van der Waals surface area contributed by atoms with E-state index in [-0.39, 0.29) is 45.6 Å². The van der Waals surface area contributed by atoms with Crippen LogP contribution >= 0.6 is 15.8 Å². The van der Waals surface area contributed by atoms with E-state index in [0.29, 0.717) is 0 Å². The Kier molecular flexibility index (Phi) is 28.2. The van der Waals surface area contributed by atoms with E-state index in [2.05, 4.69) is 31.5 Å². The van der Waals surface area contributed by atoms with Crippen molar-refractivity contribution in [2.45, 2.75) is 227 Å². The fourth-order valence-electron chi connectivity index (χ4n) is 13.7. The third-order valence-corrected chi connectivity index (χ3v) is 25.2. The van der Waals surface area contributed by atoms with Gasteiger partial charge in [0.15, 0.2) is 0 Å². The second kappa shape index (κ2) is 32.5. The standard InChI is InChI=1S/C33H15BF23.C28H53NP2.C4H11Si.Co/c1-26(35,36)14-2-15(27(37,38)39)7-22(6-14)34(23-8-16(28(40,41)42)3-17(9-23)29(43,44)45,24-10-18(30(46,47)48)4-19(11-24)31(49,50)51)25-12-20(32(52,53)54)5-21(13-25)33(55,56)57;1-5-13-25(14-6-1)30(26-15-7-2-8-16-26)23-21-29-22-24-31(27-17-9-3-10-18-27)28-19-11-4-12-20-28;1-5(2,3)4;/h2-13H,1H3;25-29H,1-24H2;1H2,2-4H3;/q-1;;-1;+2. The smallest absolute Gasteiger partial charge is 0.342 e. The van der Waals surface area contributed by atoms with E-state index in [1.54, 1.807) is 63.7 Å². The summed E-state index contributed by atoms with van der Waals surface area (Å²) < 4.78 is 329. The summed E-state index contributed by atoms with van der Waals surface area (Å²) in [5, 5.41) is 4.04. The molecule has 0 atom stereocenters. The summed E-state index contributed by atoms with van der Waals surface area (Å²) in [5.74, 6) is -4.63. The van der Waals surface area contributed by atoms with E-state index >= 15 is 0 Å². The van der Waals surface area contributed by atoms with Gasteiger partial charge in [0.1, 0.15) is 6.15 Å². The van der Waals surface area contributed by atoms with Crippen LogP contribution in [0.2, 0.25) is 19.6 Å². The first-order valence-corrected chi connectivity index (χ1v) is 38.5. The van der Waals surface area contributed by atoms with Crippen LogP contribution in [0.4, 0.5) is 101 Å². The number of nitrogens with one attached hydrogen (secondary N) is 1. The Morgan fingerprint density at radius 3 is 0.681 bits per heavy atom. The molecule has 4 aromatic carbocycles. The van der Waals surface area contributed by atoms with Crippen molar-refractivity contribution < 1.29 is 118 Å². The van der Waals surface area contributed by atoms with Gasteiger partial charge in [-0.3, -0.25) is 0 Å². The maximum Gasteiger partial charge on any atom is 2.00 e. The van der Waals surface area contributed by atoms with E-state index < -0.39 is 196 Å². The maximum atomic E-state index is 14.9. The van der Waals surface area contributed by atoms with Crippen molar-refractivity contribution in [1.29, 1.82) is 0 Å². The number of hydrogen-bond donors (Lipinski definition) is 1. The van der Waals surface area contributed by atoms with Crippen LogP contribution < -0.4 is 27.2 Å². The van der Waals surface area contributed by atoms with Crippen molar-refractivity contribution in [3.8, 4) is 0 Å². The van der Waals surface area contributed by atoms with E-state index in [4.69, 9.17) is 0 Å². The molecule has 0 heterocycles. The van der Waals surface area contributed by atoms with Crippen LogP contribution in [0, 0.1) is 6.55 Å². The Hall–Kier alpha value is -3.12. The summed E-state index contributed by atoms with van der Waals surface area (Å²) >= 11 is 0. The predicted molar refractivity (Wildman–Crippen MR) is 327 cm³/mol. The Labute approximate surface area is 548 Å². The molecule has 0 unspecified atom stereocenters. The first kappa shape index (κ1) is 81.6. The van der Waals surface area contributed by atoms with Crippen LogP contribution in [0.1, 0.15) is 180 Å². The van der Waals surface area contributed by atoms with E-state index in [1.165, 1.54) is 90.1 Å². The summed E-state index contributed by atoms with van der Waals surface area (Å²) in [6, 6.07) is -7.15. The second-order valence-corrected chi connectivity index (χ2v) is 37.6. The molecule has 0 spiro atoms. The molecule has 4 saturated carbocycles. The molecule has 4 aliphatic rings. The van der Waals surface area contributed by atoms with Crippen LogP contribution in [0.5, 0.6) is 0 Å². The van der Waals surface area contributed by atoms with Gasteiger partial charge in [-0.25, -0.2) is 8.78 Å². The molecule has 0 aliphatic heterocycles. The third kappa shape index (κ3) is 23.0. The summed E-state index contributed by atoms with van der Waals surface area (Å²) in [5.41, 5.74) is -23.7. The molecule has 0 saturated heterocycles. The number of hydrogen-bond acceptors (Lipinski definition) is 1. The molecule has 4 aromatic rings. The summed E-state index contributed by atoms with van der Waals surface area (Å²) in [7, 11) is -0.282. The van der Waals surface area contributed by atoms with Crippen LogP contribution in [0.15, 0.2) is 72.8 Å². The molecule has 94 heavy (non-hydrogen) atoms. The van der Waals surface area contributed by atoms with Gasteiger partial charge in [-0.2, -0.15) is 114 Å². The molecule has 531 valence electrons. The average molecular weight is 1470 g/mol. The van der Waals surface area contributed by atoms with Crippen molar-refractivity contribution in [3.63, 3.8) is 0 Å². The predicted octanol–water partition coefficient (Wildman–Crippen LogP) is 21.9. The molecule has 0 aromatic heterocycles. The Bertz CT molecular complexity index is 2510. The average Bonchev–Trinajstić information content (AvgIpc) is 0.709. The van der Waals surface area contributed by atoms with Crippen LogP contribution in [0.3, 0.4) is 0 Å². The monoisotopic (exact) mass is 1470 g/mol. The number of alkyl halides is 23. The number of rotatable bonds is 15. The topological polar surface area (TPSA) is 12.0 Å². The molecule has 8 rings (SSSR count). The quantitative estimate of drug-likeness (QED) is 0.0411. The summed E-state index contributed by atoms with van der Waals surface area (Å²) in [6.45, 7) is 13.0. The van der Waals surface area contributed by atoms with E-state index in [0.717, 1.165) is 22.6 Å². The third-order valence-electron chi connectivity index (χ3n) is 17.9. The summed E-state index contributed by atoms with van der Waals surface area (Å²) in [6.07, 6.45) is -13.8. The molecule has 4 aliphatic carbocycles. The zero-order chi connectivity index (χ0) is 69.6. The van der Waals surface area contributed by atoms with Gasteiger partial charge in [-0.1, -0.05) is 161 Å². The van der Waals surface area contributed by atoms with Crippen molar-refractivity contribution in [3.05, 3.63) is 124 Å². The van der Waals surface area contributed by atoms with Gasteiger partial charge in [-0.15, -0.1) is 8.07 Å². The molecule has 29 heteroatoms. The van der Waals surface area contributed by atoms with Crippen LogP contribution in [-0.2, 0) is 65.9 Å². The van der Waals surface area contributed by atoms with Crippen molar-refractivity contribution in [1.82, 2.24) is 5.32 Å². The Morgan fingerprint density at radius 1 is 0.340 bits per heavy atom. The number of halogens is 23. The van der Waals surface area contributed by atoms with Gasteiger partial charge in [0.05, 0.1) is 38.9 Å². The fourth-order valence-corrected chi connectivity index (χ4v) is 21.3. The summed E-state index contributed by atoms with van der Waals surface area (Å²) in [4.78, 5) is 0. The van der Waals surface area contributed by atoms with Gasteiger partial charge < -0.3 is 11.9 Å². The maximum absolute atomic E-state index is 14.9. The zero-order valence-corrected chi connectivity index (χ0v) is 56.2. The van der Waals surface area contributed by atoms with Gasteiger partial charge in [0, 0.05) is 12.5 Å². The number of benzene rings is 4. The largest absolute Gasteiger partial charge is 2.00 e. The van der Waals surface area contributed by atoms with E-state index in [9.17, 15) is 101 Å². The van der Waals surface area contributed by atoms with Crippen molar-refractivity contribution in [2.24, 2.45) is 0 Å². The van der Waals surface area contributed by atoms with Crippen LogP contribution in [-0.4, -0.2) is 62.3 Å². The van der Waals surface area contributed by atoms with Crippen molar-refractivity contribution in [2.75, 3.05) is 25.4 Å². The second-order valence-electron chi connectivity index (χ2n) is 26.6. The molecule has 1 radical (unpaired) electrons. The molecular formula is C65H79BCoF23NP2Si. The van der Waals surface area contributed by atoms with Gasteiger partial charge in [0.2, 0.25) is 0 Å².